The molecular formula is C24H20N2O5S. The van der Waals surface area contributed by atoms with Gasteiger partial charge in [-0.1, -0.05) is 48.5 Å². The van der Waals surface area contributed by atoms with Crippen molar-refractivity contribution in [3.63, 3.8) is 0 Å². The minimum absolute atomic E-state index is 0.0246. The number of sulfonamides is 1. The highest BCUT2D eigenvalue weighted by molar-refractivity contribution is 7.89. The number of H-pyrrole nitrogens is 1. The highest BCUT2D eigenvalue weighted by atomic mass is 32.2. The van der Waals surface area contributed by atoms with Crippen molar-refractivity contribution in [1.82, 2.24) is 9.71 Å². The highest BCUT2D eigenvalue weighted by Gasteiger charge is 2.26. The van der Waals surface area contributed by atoms with Crippen LogP contribution in [0, 0.1) is 0 Å². The van der Waals surface area contributed by atoms with E-state index in [4.69, 9.17) is 0 Å². The van der Waals surface area contributed by atoms with Gasteiger partial charge in [0.05, 0.1) is 4.90 Å². The smallest absolute Gasteiger partial charge is 0.322 e. The Morgan fingerprint density at radius 2 is 1.50 bits per heavy atom. The third-order valence-corrected chi connectivity index (χ3v) is 6.64. The fraction of sp³-hybridized carbons (Fsp3) is 0.0833. The number of para-hydroxylation sites is 1. The number of hydrogen-bond donors (Lipinski definition) is 3. The van der Waals surface area contributed by atoms with Crippen molar-refractivity contribution in [3.05, 3.63) is 102 Å². The molecule has 4 rings (SSSR count). The first-order valence-corrected chi connectivity index (χ1v) is 11.3. The third-order valence-electron chi connectivity index (χ3n) is 5.16. The Hall–Kier alpha value is -3.75. The van der Waals surface area contributed by atoms with Gasteiger partial charge in [0, 0.05) is 34.6 Å². The van der Waals surface area contributed by atoms with Crippen LogP contribution in [0.4, 0.5) is 0 Å². The van der Waals surface area contributed by atoms with Crippen molar-refractivity contribution in [3.8, 4) is 0 Å². The number of nitrogens with one attached hydrogen (secondary N) is 2. The zero-order valence-electron chi connectivity index (χ0n) is 16.9. The molecule has 0 saturated heterocycles. The van der Waals surface area contributed by atoms with Gasteiger partial charge in [0.25, 0.3) is 0 Å². The van der Waals surface area contributed by atoms with E-state index in [2.05, 4.69) is 9.71 Å². The number of carbonyl (C=O) groups excluding carboxylic acids is 1. The molecule has 32 heavy (non-hydrogen) atoms. The lowest BCUT2D eigenvalue weighted by Crippen LogP contribution is -2.42. The number of benzene rings is 3. The molecule has 7 nitrogen and oxygen atoms in total. The highest BCUT2D eigenvalue weighted by Crippen LogP contribution is 2.20. The van der Waals surface area contributed by atoms with E-state index in [9.17, 15) is 23.1 Å². The van der Waals surface area contributed by atoms with E-state index in [1.54, 1.807) is 36.5 Å². The zero-order chi connectivity index (χ0) is 22.7. The average Bonchev–Trinajstić information content (AvgIpc) is 3.21. The molecule has 1 heterocycles. The molecule has 0 saturated carbocycles. The predicted molar refractivity (Wildman–Crippen MR) is 120 cm³/mol. The SMILES string of the molecule is O=C(c1ccccc1)c1ccc(S(=O)(=O)N[C@H](Cc2c[nH]c3ccccc23)C(=O)O)cc1. The molecule has 0 radical (unpaired) electrons. The van der Waals surface area contributed by atoms with E-state index in [0.29, 0.717) is 16.7 Å². The quantitative estimate of drug-likeness (QED) is 0.357. The van der Waals surface area contributed by atoms with Crippen LogP contribution >= 0.6 is 0 Å². The number of rotatable bonds is 8. The summed E-state index contributed by atoms with van der Waals surface area (Å²) >= 11 is 0. The van der Waals surface area contributed by atoms with Crippen molar-refractivity contribution in [2.24, 2.45) is 0 Å². The molecule has 0 unspecified atom stereocenters. The Kier molecular flexibility index (Phi) is 5.89. The topological polar surface area (TPSA) is 116 Å². The number of carboxylic acid groups (broad SMARTS) is 1. The summed E-state index contributed by atoms with van der Waals surface area (Å²) in [5.41, 5.74) is 2.36. The van der Waals surface area contributed by atoms with Gasteiger partial charge >= 0.3 is 5.97 Å². The molecule has 1 atom stereocenters. The van der Waals surface area contributed by atoms with Crippen LogP contribution in [0.3, 0.4) is 0 Å². The van der Waals surface area contributed by atoms with Crippen molar-refractivity contribution < 1.29 is 23.1 Å². The standard InChI is InChI=1S/C24H20N2O5S/c27-23(16-6-2-1-3-7-16)17-10-12-19(13-11-17)32(30,31)26-22(24(28)29)14-18-15-25-21-9-5-4-8-20(18)21/h1-13,15,22,25-26H,14H2,(H,28,29)/t22-/m1/s1. The number of carbonyl (C=O) groups is 2. The van der Waals surface area contributed by atoms with Gasteiger partial charge in [0.2, 0.25) is 10.0 Å². The summed E-state index contributed by atoms with van der Waals surface area (Å²) in [6, 6.07) is 20.1. The van der Waals surface area contributed by atoms with Crippen molar-refractivity contribution >= 4 is 32.7 Å². The Bertz CT molecular complexity index is 1380. The molecule has 0 aliphatic carbocycles. The van der Waals surface area contributed by atoms with Crippen molar-refractivity contribution in [2.45, 2.75) is 17.4 Å². The van der Waals surface area contributed by atoms with Crippen LogP contribution in [0.1, 0.15) is 21.5 Å². The number of hydrogen-bond acceptors (Lipinski definition) is 4. The van der Waals surface area contributed by atoms with Crippen LogP contribution in [0.15, 0.2) is 90.0 Å². The molecule has 0 aliphatic rings. The summed E-state index contributed by atoms with van der Waals surface area (Å²) in [6.45, 7) is 0. The zero-order valence-corrected chi connectivity index (χ0v) is 17.7. The summed E-state index contributed by atoms with van der Waals surface area (Å²) < 4.78 is 27.9. The molecule has 0 amide bonds. The minimum Gasteiger partial charge on any atom is -0.480 e. The van der Waals surface area contributed by atoms with Gasteiger partial charge in [-0.05, 0) is 35.9 Å². The van der Waals surface area contributed by atoms with Crippen molar-refractivity contribution in [2.75, 3.05) is 0 Å². The van der Waals surface area contributed by atoms with Crippen LogP contribution in [0.25, 0.3) is 10.9 Å². The molecule has 0 aliphatic heterocycles. The number of aromatic amines is 1. The summed E-state index contributed by atoms with van der Waals surface area (Å²) in [5, 5.41) is 10.5. The fourth-order valence-corrected chi connectivity index (χ4v) is 4.69. The maximum atomic E-state index is 12.8. The summed E-state index contributed by atoms with van der Waals surface area (Å²) in [7, 11) is -4.12. The summed E-state index contributed by atoms with van der Waals surface area (Å²) in [6.07, 6.45) is 1.65. The van der Waals surface area contributed by atoms with Crippen molar-refractivity contribution in [1.29, 1.82) is 0 Å². The lowest BCUT2D eigenvalue weighted by molar-refractivity contribution is -0.138. The van der Waals surface area contributed by atoms with E-state index in [-0.39, 0.29) is 17.1 Å². The summed E-state index contributed by atoms with van der Waals surface area (Å²) in [4.78, 5) is 27.2. The molecular weight excluding hydrogens is 428 g/mol. The lowest BCUT2D eigenvalue weighted by atomic mass is 10.0. The molecule has 3 aromatic carbocycles. The normalized spacial score (nSPS) is 12.5. The average molecular weight is 449 g/mol. The number of aromatic nitrogens is 1. The van der Waals surface area contributed by atoms with Gasteiger partial charge in [-0.3, -0.25) is 9.59 Å². The number of aliphatic carboxylic acids is 1. The second kappa shape index (κ2) is 8.78. The lowest BCUT2D eigenvalue weighted by Gasteiger charge is -2.15. The fourth-order valence-electron chi connectivity index (χ4n) is 3.50. The second-order valence-corrected chi connectivity index (χ2v) is 9.01. The molecule has 3 N–H and O–H groups in total. The monoisotopic (exact) mass is 448 g/mol. The predicted octanol–water partition coefficient (Wildman–Crippen LogP) is 3.37. The second-order valence-electron chi connectivity index (χ2n) is 7.30. The Morgan fingerprint density at radius 1 is 0.875 bits per heavy atom. The van der Waals surface area contributed by atoms with Crippen LogP contribution < -0.4 is 4.72 Å². The molecule has 8 heteroatoms. The Labute approximate surface area is 184 Å². The van der Waals surface area contributed by atoms with E-state index < -0.39 is 22.0 Å². The van der Waals surface area contributed by atoms with Gasteiger partial charge in [-0.25, -0.2) is 8.42 Å². The van der Waals surface area contributed by atoms with Crippen LogP contribution in [0.2, 0.25) is 0 Å². The minimum atomic E-state index is -4.12. The number of ketones is 1. The maximum Gasteiger partial charge on any atom is 0.322 e. The first kappa shape index (κ1) is 21.5. The van der Waals surface area contributed by atoms with Gasteiger partial charge in [-0.2, -0.15) is 4.72 Å². The maximum absolute atomic E-state index is 12.8. The van der Waals surface area contributed by atoms with E-state index >= 15 is 0 Å². The third kappa shape index (κ3) is 4.46. The van der Waals surface area contributed by atoms with Crippen LogP contribution in [-0.4, -0.2) is 36.3 Å². The molecule has 1 aromatic heterocycles. The van der Waals surface area contributed by atoms with Gasteiger partial charge < -0.3 is 10.1 Å². The van der Waals surface area contributed by atoms with E-state index in [1.165, 1.54) is 24.3 Å². The first-order chi connectivity index (χ1) is 15.3. The first-order valence-electron chi connectivity index (χ1n) is 9.85. The Morgan fingerprint density at radius 3 is 2.19 bits per heavy atom. The molecule has 0 bridgehead atoms. The van der Waals surface area contributed by atoms with Crippen LogP contribution in [0.5, 0.6) is 0 Å². The van der Waals surface area contributed by atoms with Gasteiger partial charge in [0.15, 0.2) is 5.78 Å². The van der Waals surface area contributed by atoms with Gasteiger partial charge in [0.1, 0.15) is 6.04 Å². The molecule has 162 valence electrons. The van der Waals surface area contributed by atoms with E-state index in [0.717, 1.165) is 10.9 Å². The van der Waals surface area contributed by atoms with Gasteiger partial charge in [-0.15, -0.1) is 0 Å². The largest absolute Gasteiger partial charge is 0.480 e. The molecule has 0 spiro atoms. The molecule has 0 fully saturated rings. The summed E-state index contributed by atoms with van der Waals surface area (Å²) in [5.74, 6) is -1.51. The number of fused-ring (bicyclic) bond motifs is 1. The molecule has 4 aromatic rings. The van der Waals surface area contributed by atoms with Crippen LogP contribution in [-0.2, 0) is 21.2 Å². The number of carboxylic acids is 1. The Balaban J connectivity index is 1.54. The van der Waals surface area contributed by atoms with E-state index in [1.807, 2.05) is 24.3 Å².